The quantitative estimate of drug-likeness (QED) is 0.668. The first-order valence-corrected chi connectivity index (χ1v) is 5.04. The number of ether oxygens (including phenoxy) is 1. The van der Waals surface area contributed by atoms with Gasteiger partial charge in [-0.3, -0.25) is 4.79 Å². The number of carbonyl (C=O) groups is 2. The van der Waals surface area contributed by atoms with Gasteiger partial charge in [-0.2, -0.15) is 0 Å². The molecule has 15 heavy (non-hydrogen) atoms. The molecule has 0 radical (unpaired) electrons. The van der Waals surface area contributed by atoms with E-state index in [1.54, 1.807) is 0 Å². The van der Waals surface area contributed by atoms with Gasteiger partial charge in [0.15, 0.2) is 0 Å². The van der Waals surface area contributed by atoms with E-state index in [2.05, 4.69) is 0 Å². The van der Waals surface area contributed by atoms with Crippen LogP contribution in [0.5, 0.6) is 0 Å². The molecule has 80 valence electrons. The van der Waals surface area contributed by atoms with Crippen LogP contribution in [0.15, 0.2) is 23.3 Å². The SMILES string of the molecule is NCCC1=CC(=O)OC2CC(=O)CC=C12. The first kappa shape index (κ1) is 10.1. The van der Waals surface area contributed by atoms with E-state index < -0.39 is 0 Å². The number of Topliss-reactive ketones (excluding diaryl/α,β-unsaturated/α-hetero) is 1. The summed E-state index contributed by atoms with van der Waals surface area (Å²) < 4.78 is 5.09. The van der Waals surface area contributed by atoms with Crippen LogP contribution in [0.4, 0.5) is 0 Å². The maximum Gasteiger partial charge on any atom is 0.331 e. The highest BCUT2D eigenvalue weighted by Gasteiger charge is 2.30. The molecule has 0 saturated carbocycles. The minimum Gasteiger partial charge on any atom is -0.454 e. The molecule has 4 nitrogen and oxygen atoms in total. The molecule has 4 heteroatoms. The molecule has 0 saturated heterocycles. The van der Waals surface area contributed by atoms with Gasteiger partial charge < -0.3 is 10.5 Å². The molecule has 0 aromatic heterocycles. The molecule has 0 amide bonds. The Morgan fingerprint density at radius 2 is 2.27 bits per heavy atom. The van der Waals surface area contributed by atoms with Gasteiger partial charge in [0.2, 0.25) is 0 Å². The highest BCUT2D eigenvalue weighted by atomic mass is 16.5. The first-order valence-electron chi connectivity index (χ1n) is 5.04. The Hall–Kier alpha value is -1.42. The van der Waals surface area contributed by atoms with Crippen LogP contribution >= 0.6 is 0 Å². The maximum atomic E-state index is 11.2. The summed E-state index contributed by atoms with van der Waals surface area (Å²) in [4.78, 5) is 22.4. The number of rotatable bonds is 2. The van der Waals surface area contributed by atoms with Gasteiger partial charge in [0, 0.05) is 18.9 Å². The van der Waals surface area contributed by atoms with Crippen LogP contribution in [0.1, 0.15) is 19.3 Å². The Kier molecular flexibility index (Phi) is 2.68. The number of allylic oxidation sites excluding steroid dienone is 1. The molecular weight excluding hydrogens is 194 g/mol. The summed E-state index contributed by atoms with van der Waals surface area (Å²) in [6.07, 6.45) is 4.36. The normalized spacial score (nSPS) is 25.3. The fourth-order valence-electron chi connectivity index (χ4n) is 1.97. The summed E-state index contributed by atoms with van der Waals surface area (Å²) in [5.74, 6) is -0.249. The number of ketones is 1. The number of hydrogen-bond donors (Lipinski definition) is 1. The van der Waals surface area contributed by atoms with E-state index in [4.69, 9.17) is 10.5 Å². The van der Waals surface area contributed by atoms with Crippen LogP contribution in [0.3, 0.4) is 0 Å². The number of carbonyl (C=O) groups excluding carboxylic acids is 2. The zero-order chi connectivity index (χ0) is 10.8. The fraction of sp³-hybridized carbons (Fsp3) is 0.455. The van der Waals surface area contributed by atoms with Crippen LogP contribution in [0, 0.1) is 0 Å². The summed E-state index contributed by atoms with van der Waals surface area (Å²) in [6.45, 7) is 0.497. The van der Waals surface area contributed by atoms with Crippen LogP contribution in [-0.4, -0.2) is 24.4 Å². The molecule has 1 aliphatic heterocycles. The van der Waals surface area contributed by atoms with E-state index in [9.17, 15) is 9.59 Å². The number of nitrogens with two attached hydrogens (primary N) is 1. The molecule has 0 bridgehead atoms. The first-order chi connectivity index (χ1) is 7.20. The minimum atomic E-state index is -0.370. The van der Waals surface area contributed by atoms with E-state index in [1.165, 1.54) is 6.08 Å². The van der Waals surface area contributed by atoms with Crippen molar-refractivity contribution < 1.29 is 14.3 Å². The summed E-state index contributed by atoms with van der Waals surface area (Å²) in [5.41, 5.74) is 7.36. The average Bonchev–Trinajstić information content (AvgIpc) is 2.17. The fourth-order valence-corrected chi connectivity index (χ4v) is 1.97. The van der Waals surface area contributed by atoms with E-state index in [1.807, 2.05) is 6.08 Å². The Balaban J connectivity index is 2.30. The molecule has 0 fully saturated rings. The molecular formula is C11H13NO3. The molecule has 0 aromatic rings. The Morgan fingerprint density at radius 1 is 1.47 bits per heavy atom. The van der Waals surface area contributed by atoms with Gasteiger partial charge >= 0.3 is 5.97 Å². The molecule has 2 aliphatic rings. The second-order valence-corrected chi connectivity index (χ2v) is 3.74. The summed E-state index contributed by atoms with van der Waals surface area (Å²) in [7, 11) is 0. The topological polar surface area (TPSA) is 69.4 Å². The highest BCUT2D eigenvalue weighted by molar-refractivity contribution is 5.89. The Morgan fingerprint density at radius 3 is 3.00 bits per heavy atom. The van der Waals surface area contributed by atoms with Gasteiger partial charge in [0.05, 0.1) is 0 Å². The third kappa shape index (κ3) is 1.99. The lowest BCUT2D eigenvalue weighted by atomic mass is 9.87. The van der Waals surface area contributed by atoms with Gasteiger partial charge in [0.25, 0.3) is 0 Å². The second kappa shape index (κ2) is 3.98. The lowest BCUT2D eigenvalue weighted by Crippen LogP contribution is -2.31. The molecule has 1 aliphatic carbocycles. The molecule has 0 aromatic carbocycles. The van der Waals surface area contributed by atoms with E-state index >= 15 is 0 Å². The highest BCUT2D eigenvalue weighted by Crippen LogP contribution is 2.30. The third-order valence-corrected chi connectivity index (χ3v) is 2.64. The standard InChI is InChI=1S/C11H13NO3/c12-4-3-7-5-11(14)15-10-6-8(13)1-2-9(7)10/h2,5,10H,1,3-4,6,12H2. The van der Waals surface area contributed by atoms with Crippen LogP contribution in [0.25, 0.3) is 0 Å². The smallest absolute Gasteiger partial charge is 0.331 e. The predicted molar refractivity (Wildman–Crippen MR) is 54.0 cm³/mol. The summed E-state index contributed by atoms with van der Waals surface area (Å²) in [6, 6.07) is 0. The van der Waals surface area contributed by atoms with E-state index in [0.717, 1.165) is 11.1 Å². The molecule has 1 unspecified atom stereocenters. The van der Waals surface area contributed by atoms with E-state index in [0.29, 0.717) is 25.8 Å². The third-order valence-electron chi connectivity index (χ3n) is 2.64. The monoisotopic (exact) mass is 207 g/mol. The zero-order valence-corrected chi connectivity index (χ0v) is 8.36. The van der Waals surface area contributed by atoms with Crippen LogP contribution < -0.4 is 5.73 Å². The molecule has 2 N–H and O–H groups in total. The molecule has 2 rings (SSSR count). The minimum absolute atomic E-state index is 0.116. The molecule has 1 atom stereocenters. The Bertz CT molecular complexity index is 368. The predicted octanol–water partition coefficient (Wildman–Crippen LogP) is 0.476. The van der Waals surface area contributed by atoms with Gasteiger partial charge in [-0.1, -0.05) is 6.08 Å². The van der Waals surface area contributed by atoms with Crippen molar-refractivity contribution in [2.75, 3.05) is 6.54 Å². The van der Waals surface area contributed by atoms with Gasteiger partial charge in [-0.25, -0.2) is 4.79 Å². The lowest BCUT2D eigenvalue weighted by molar-refractivity contribution is -0.143. The van der Waals surface area contributed by atoms with Crippen molar-refractivity contribution in [2.45, 2.75) is 25.4 Å². The van der Waals surface area contributed by atoms with Crippen molar-refractivity contribution in [1.29, 1.82) is 0 Å². The van der Waals surface area contributed by atoms with Crippen molar-refractivity contribution in [3.05, 3.63) is 23.3 Å². The lowest BCUT2D eigenvalue weighted by Gasteiger charge is -2.28. The molecule has 1 heterocycles. The maximum absolute atomic E-state index is 11.2. The van der Waals surface area contributed by atoms with Crippen molar-refractivity contribution in [3.8, 4) is 0 Å². The largest absolute Gasteiger partial charge is 0.454 e. The van der Waals surface area contributed by atoms with Crippen molar-refractivity contribution >= 4 is 11.8 Å². The van der Waals surface area contributed by atoms with Crippen molar-refractivity contribution in [3.63, 3.8) is 0 Å². The average molecular weight is 207 g/mol. The van der Waals surface area contributed by atoms with Gasteiger partial charge in [0.1, 0.15) is 11.9 Å². The molecule has 0 spiro atoms. The number of esters is 1. The Labute approximate surface area is 87.8 Å². The van der Waals surface area contributed by atoms with Gasteiger partial charge in [-0.05, 0) is 24.1 Å². The summed E-state index contributed by atoms with van der Waals surface area (Å²) >= 11 is 0. The van der Waals surface area contributed by atoms with Crippen molar-refractivity contribution in [1.82, 2.24) is 0 Å². The van der Waals surface area contributed by atoms with Crippen molar-refractivity contribution in [2.24, 2.45) is 5.73 Å². The number of fused-ring (bicyclic) bond motifs is 1. The van der Waals surface area contributed by atoms with E-state index in [-0.39, 0.29) is 17.9 Å². The summed E-state index contributed by atoms with van der Waals surface area (Å²) in [5, 5.41) is 0. The number of hydrogen-bond acceptors (Lipinski definition) is 4. The van der Waals surface area contributed by atoms with Gasteiger partial charge in [-0.15, -0.1) is 0 Å². The van der Waals surface area contributed by atoms with Crippen LogP contribution in [0.2, 0.25) is 0 Å². The second-order valence-electron chi connectivity index (χ2n) is 3.74. The van der Waals surface area contributed by atoms with Crippen LogP contribution in [-0.2, 0) is 14.3 Å². The zero-order valence-electron chi connectivity index (χ0n) is 8.36.